The molecule has 0 aliphatic heterocycles. The SMILES string of the molecule is CC(NC(=O)CSc1nnnn1C1CC1)c1ccc(-n2cncn2)cc1. The van der Waals surface area contributed by atoms with Gasteiger partial charge in [-0.2, -0.15) is 5.10 Å². The number of aromatic nitrogens is 7. The largest absolute Gasteiger partial charge is 0.349 e. The molecule has 2 aromatic heterocycles. The van der Waals surface area contributed by atoms with Crippen LogP contribution in [-0.4, -0.2) is 46.6 Å². The molecule has 9 nitrogen and oxygen atoms in total. The summed E-state index contributed by atoms with van der Waals surface area (Å²) >= 11 is 1.36. The molecule has 0 bridgehead atoms. The monoisotopic (exact) mass is 370 g/mol. The van der Waals surface area contributed by atoms with Gasteiger partial charge in [0.15, 0.2) is 0 Å². The molecule has 1 aliphatic carbocycles. The fraction of sp³-hybridized carbons (Fsp3) is 0.375. The van der Waals surface area contributed by atoms with Crippen LogP contribution in [0.3, 0.4) is 0 Å². The van der Waals surface area contributed by atoms with Crippen LogP contribution in [0.15, 0.2) is 42.1 Å². The Hall–Kier alpha value is -2.75. The second kappa shape index (κ2) is 7.24. The van der Waals surface area contributed by atoms with Crippen molar-refractivity contribution in [3.05, 3.63) is 42.5 Å². The first-order valence-corrected chi connectivity index (χ1v) is 9.34. The summed E-state index contributed by atoms with van der Waals surface area (Å²) in [6, 6.07) is 8.16. The molecule has 1 fully saturated rings. The molecule has 0 radical (unpaired) electrons. The maximum atomic E-state index is 12.2. The molecule has 2 heterocycles. The van der Waals surface area contributed by atoms with Crippen molar-refractivity contribution in [2.24, 2.45) is 0 Å². The van der Waals surface area contributed by atoms with Gasteiger partial charge in [-0.25, -0.2) is 14.3 Å². The van der Waals surface area contributed by atoms with Crippen molar-refractivity contribution < 1.29 is 4.79 Å². The number of hydrogen-bond acceptors (Lipinski definition) is 7. The highest BCUT2D eigenvalue weighted by molar-refractivity contribution is 7.99. The number of nitrogens with zero attached hydrogens (tertiary/aromatic N) is 7. The van der Waals surface area contributed by atoms with Crippen molar-refractivity contribution in [2.45, 2.75) is 37.0 Å². The maximum Gasteiger partial charge on any atom is 0.230 e. The Balaban J connectivity index is 1.31. The minimum atomic E-state index is -0.0904. The molecule has 1 saturated carbocycles. The number of tetrazole rings is 1. The van der Waals surface area contributed by atoms with Gasteiger partial charge in [-0.3, -0.25) is 4.79 Å². The van der Waals surface area contributed by atoms with Crippen molar-refractivity contribution in [1.82, 2.24) is 40.3 Å². The van der Waals surface area contributed by atoms with Crippen molar-refractivity contribution in [1.29, 1.82) is 0 Å². The van der Waals surface area contributed by atoms with Gasteiger partial charge in [-0.05, 0) is 47.9 Å². The summed E-state index contributed by atoms with van der Waals surface area (Å²) in [6.07, 6.45) is 5.35. The number of carbonyl (C=O) groups excluding carboxylic acids is 1. The quantitative estimate of drug-likeness (QED) is 0.629. The second-order valence-corrected chi connectivity index (χ2v) is 7.09. The lowest BCUT2D eigenvalue weighted by Gasteiger charge is -2.14. The summed E-state index contributed by atoms with van der Waals surface area (Å²) in [7, 11) is 0. The Morgan fingerprint density at radius 3 is 2.85 bits per heavy atom. The van der Waals surface area contributed by atoms with Gasteiger partial charge in [-0.1, -0.05) is 23.9 Å². The van der Waals surface area contributed by atoms with Crippen LogP contribution in [0.4, 0.5) is 0 Å². The van der Waals surface area contributed by atoms with Crippen LogP contribution in [0.1, 0.15) is 37.4 Å². The van der Waals surface area contributed by atoms with E-state index in [1.165, 1.54) is 18.1 Å². The van der Waals surface area contributed by atoms with E-state index < -0.39 is 0 Å². The minimum Gasteiger partial charge on any atom is -0.349 e. The summed E-state index contributed by atoms with van der Waals surface area (Å²) in [4.78, 5) is 16.2. The molecular formula is C16H18N8OS. The molecule has 4 rings (SSSR count). The van der Waals surface area contributed by atoms with Gasteiger partial charge in [-0.15, -0.1) is 5.10 Å². The van der Waals surface area contributed by atoms with E-state index >= 15 is 0 Å². The number of hydrogen-bond donors (Lipinski definition) is 1. The minimum absolute atomic E-state index is 0.0480. The summed E-state index contributed by atoms with van der Waals surface area (Å²) in [6.45, 7) is 1.96. The first kappa shape index (κ1) is 16.7. The molecule has 1 unspecified atom stereocenters. The molecule has 0 saturated heterocycles. The summed E-state index contributed by atoms with van der Waals surface area (Å²) in [5, 5.41) is 19.5. The molecule has 134 valence electrons. The Kier molecular flexibility index (Phi) is 4.65. The highest BCUT2D eigenvalue weighted by Gasteiger charge is 2.28. The highest BCUT2D eigenvalue weighted by Crippen LogP contribution is 2.36. The van der Waals surface area contributed by atoms with Gasteiger partial charge in [0.1, 0.15) is 12.7 Å². The fourth-order valence-electron chi connectivity index (χ4n) is 2.58. The van der Waals surface area contributed by atoms with Crippen LogP contribution in [-0.2, 0) is 4.79 Å². The van der Waals surface area contributed by atoms with E-state index in [2.05, 4.69) is 30.9 Å². The molecule has 3 aromatic rings. The summed E-state index contributed by atoms with van der Waals surface area (Å²) < 4.78 is 3.50. The maximum absolute atomic E-state index is 12.2. The second-order valence-electron chi connectivity index (χ2n) is 6.15. The summed E-state index contributed by atoms with van der Waals surface area (Å²) in [5.74, 6) is 0.238. The first-order chi connectivity index (χ1) is 12.7. The zero-order valence-electron chi connectivity index (χ0n) is 14.2. The normalized spacial score (nSPS) is 15.0. The zero-order chi connectivity index (χ0) is 17.9. The van der Waals surface area contributed by atoms with E-state index in [-0.39, 0.29) is 17.7 Å². The van der Waals surface area contributed by atoms with Crippen molar-refractivity contribution in [3.8, 4) is 5.69 Å². The number of thioether (sulfide) groups is 1. The molecule has 1 aromatic carbocycles. The van der Waals surface area contributed by atoms with Gasteiger partial charge in [0.2, 0.25) is 11.1 Å². The number of carbonyl (C=O) groups is 1. The Bertz CT molecular complexity index is 872. The Morgan fingerprint density at radius 2 is 2.15 bits per heavy atom. The lowest BCUT2D eigenvalue weighted by Crippen LogP contribution is -2.28. The van der Waals surface area contributed by atoms with Gasteiger partial charge >= 0.3 is 0 Å². The average molecular weight is 370 g/mol. The summed E-state index contributed by atoms with van der Waals surface area (Å²) in [5.41, 5.74) is 1.95. The van der Waals surface area contributed by atoms with E-state index in [4.69, 9.17) is 0 Å². The van der Waals surface area contributed by atoms with Crippen LogP contribution in [0, 0.1) is 0 Å². The number of rotatable bonds is 7. The predicted octanol–water partition coefficient (Wildman–Crippen LogP) is 1.56. The molecular weight excluding hydrogens is 352 g/mol. The van der Waals surface area contributed by atoms with Gasteiger partial charge < -0.3 is 5.32 Å². The third-order valence-electron chi connectivity index (χ3n) is 4.14. The average Bonchev–Trinajstić information content (AvgIpc) is 3.16. The number of amides is 1. The Morgan fingerprint density at radius 1 is 1.35 bits per heavy atom. The van der Waals surface area contributed by atoms with Crippen LogP contribution in [0.2, 0.25) is 0 Å². The zero-order valence-corrected chi connectivity index (χ0v) is 15.0. The lowest BCUT2D eigenvalue weighted by molar-refractivity contribution is -0.119. The van der Waals surface area contributed by atoms with Crippen molar-refractivity contribution >= 4 is 17.7 Å². The van der Waals surface area contributed by atoms with Crippen LogP contribution >= 0.6 is 11.8 Å². The number of benzene rings is 1. The molecule has 1 atom stereocenters. The van der Waals surface area contributed by atoms with E-state index in [1.54, 1.807) is 11.0 Å². The standard InChI is InChI=1S/C16H18N8OS/c1-11(12-2-4-13(5-3-12)23-10-17-9-18-23)19-15(25)8-26-16-20-21-22-24(16)14-6-7-14/h2-5,9-11,14H,6-8H2,1H3,(H,19,25). The number of nitrogens with one attached hydrogen (secondary N) is 1. The molecule has 10 heteroatoms. The molecule has 0 spiro atoms. The van der Waals surface area contributed by atoms with Gasteiger partial charge in [0.25, 0.3) is 0 Å². The van der Waals surface area contributed by atoms with E-state index in [0.717, 1.165) is 24.1 Å². The topological polar surface area (TPSA) is 103 Å². The van der Waals surface area contributed by atoms with E-state index in [9.17, 15) is 4.79 Å². The van der Waals surface area contributed by atoms with Crippen LogP contribution < -0.4 is 5.32 Å². The molecule has 1 N–H and O–H groups in total. The highest BCUT2D eigenvalue weighted by atomic mass is 32.2. The van der Waals surface area contributed by atoms with Crippen molar-refractivity contribution in [3.63, 3.8) is 0 Å². The third kappa shape index (κ3) is 3.74. The predicted molar refractivity (Wildman–Crippen MR) is 94.7 cm³/mol. The van der Waals surface area contributed by atoms with E-state index in [0.29, 0.717) is 11.2 Å². The molecule has 26 heavy (non-hydrogen) atoms. The van der Waals surface area contributed by atoms with Crippen molar-refractivity contribution in [2.75, 3.05) is 5.75 Å². The third-order valence-corrected chi connectivity index (χ3v) is 5.08. The van der Waals surface area contributed by atoms with Crippen LogP contribution in [0.25, 0.3) is 5.69 Å². The fourth-order valence-corrected chi connectivity index (χ4v) is 3.34. The first-order valence-electron chi connectivity index (χ1n) is 8.35. The van der Waals surface area contributed by atoms with Gasteiger partial charge in [0.05, 0.1) is 23.5 Å². The molecule has 1 amide bonds. The Labute approximate surface area is 154 Å². The molecule has 1 aliphatic rings. The lowest BCUT2D eigenvalue weighted by atomic mass is 10.1. The smallest absolute Gasteiger partial charge is 0.230 e. The van der Waals surface area contributed by atoms with E-state index in [1.807, 2.05) is 35.9 Å². The van der Waals surface area contributed by atoms with Crippen LogP contribution in [0.5, 0.6) is 0 Å². The van der Waals surface area contributed by atoms with Gasteiger partial charge in [0, 0.05) is 0 Å².